The van der Waals surface area contributed by atoms with Crippen LogP contribution in [0.25, 0.3) is 0 Å². The van der Waals surface area contributed by atoms with Gasteiger partial charge in [-0.1, -0.05) is 11.6 Å². The lowest BCUT2D eigenvalue weighted by Gasteiger charge is -2.13. The Morgan fingerprint density at radius 1 is 1.00 bits per heavy atom. The van der Waals surface area contributed by atoms with Crippen LogP contribution in [-0.2, 0) is 4.79 Å². The minimum Gasteiger partial charge on any atom is -0.490 e. The molecule has 0 saturated heterocycles. The van der Waals surface area contributed by atoms with Gasteiger partial charge in [-0.05, 0) is 74.2 Å². The van der Waals surface area contributed by atoms with Crippen molar-refractivity contribution in [2.24, 2.45) is 0 Å². The molecule has 0 radical (unpaired) electrons. The Morgan fingerprint density at radius 3 is 2.33 bits per heavy atom. The van der Waals surface area contributed by atoms with Crippen molar-refractivity contribution in [3.63, 3.8) is 0 Å². The van der Waals surface area contributed by atoms with Gasteiger partial charge < -0.3 is 15.4 Å². The van der Waals surface area contributed by atoms with Gasteiger partial charge in [0.15, 0.2) is 0 Å². The van der Waals surface area contributed by atoms with E-state index in [-0.39, 0.29) is 24.8 Å². The first-order chi connectivity index (χ1) is 13.1. The van der Waals surface area contributed by atoms with Gasteiger partial charge in [0.2, 0.25) is 5.91 Å². The Balaban J connectivity index is 1.39. The van der Waals surface area contributed by atoms with Crippen LogP contribution in [0.15, 0.2) is 48.5 Å². The average molecular weight is 387 g/mol. The number of hydrogen-bond acceptors (Lipinski definition) is 3. The van der Waals surface area contributed by atoms with E-state index >= 15 is 0 Å². The van der Waals surface area contributed by atoms with E-state index in [2.05, 4.69) is 10.6 Å². The molecule has 0 heterocycles. The molecule has 2 amide bonds. The lowest BCUT2D eigenvalue weighted by molar-refractivity contribution is -0.116. The quantitative estimate of drug-likeness (QED) is 0.740. The van der Waals surface area contributed by atoms with E-state index in [4.69, 9.17) is 16.3 Å². The van der Waals surface area contributed by atoms with Gasteiger partial charge in [-0.25, -0.2) is 0 Å². The monoisotopic (exact) mass is 386 g/mol. The zero-order valence-corrected chi connectivity index (χ0v) is 15.8. The standard InChI is InChI=1S/C21H23ClN2O3/c22-16-7-5-15(6-8-16)21(26)23-14-13-20(25)24-17-9-11-19(12-10-17)27-18-3-1-2-4-18/h5-12,18H,1-4,13-14H2,(H,23,26)(H,24,25). The van der Waals surface area contributed by atoms with Gasteiger partial charge in [0, 0.05) is 29.2 Å². The zero-order valence-electron chi connectivity index (χ0n) is 15.0. The van der Waals surface area contributed by atoms with Gasteiger partial charge in [0.1, 0.15) is 5.75 Å². The second kappa shape index (κ2) is 9.42. The summed E-state index contributed by atoms with van der Waals surface area (Å²) in [4.78, 5) is 24.0. The second-order valence-electron chi connectivity index (χ2n) is 6.61. The van der Waals surface area contributed by atoms with E-state index < -0.39 is 0 Å². The molecule has 0 aromatic heterocycles. The number of benzene rings is 2. The van der Waals surface area contributed by atoms with Crippen molar-refractivity contribution in [2.75, 3.05) is 11.9 Å². The molecule has 1 aliphatic rings. The molecule has 0 unspecified atom stereocenters. The van der Waals surface area contributed by atoms with Crippen LogP contribution in [0, 0.1) is 0 Å². The molecule has 1 fully saturated rings. The average Bonchev–Trinajstić information content (AvgIpc) is 3.17. The second-order valence-corrected chi connectivity index (χ2v) is 7.05. The fraction of sp³-hybridized carbons (Fsp3) is 0.333. The summed E-state index contributed by atoms with van der Waals surface area (Å²) >= 11 is 5.80. The van der Waals surface area contributed by atoms with Crippen molar-refractivity contribution in [3.05, 3.63) is 59.1 Å². The Bertz CT molecular complexity index is 769. The fourth-order valence-corrected chi connectivity index (χ4v) is 3.16. The summed E-state index contributed by atoms with van der Waals surface area (Å²) in [5.74, 6) is 0.443. The summed E-state index contributed by atoms with van der Waals surface area (Å²) in [6.45, 7) is 0.260. The number of carbonyl (C=O) groups is 2. The van der Waals surface area contributed by atoms with Crippen LogP contribution in [0.4, 0.5) is 5.69 Å². The van der Waals surface area contributed by atoms with Gasteiger partial charge in [0.05, 0.1) is 6.10 Å². The predicted octanol–water partition coefficient (Wildman–Crippen LogP) is 4.42. The van der Waals surface area contributed by atoms with E-state index in [0.29, 0.717) is 22.4 Å². The molecule has 3 rings (SSSR count). The van der Waals surface area contributed by atoms with E-state index in [1.165, 1.54) is 12.8 Å². The molecular formula is C21H23ClN2O3. The number of anilines is 1. The topological polar surface area (TPSA) is 67.4 Å². The highest BCUT2D eigenvalue weighted by Gasteiger charge is 2.16. The fourth-order valence-electron chi connectivity index (χ4n) is 3.03. The number of halogens is 1. The van der Waals surface area contributed by atoms with Gasteiger partial charge in [-0.3, -0.25) is 9.59 Å². The van der Waals surface area contributed by atoms with Crippen molar-refractivity contribution >= 4 is 29.1 Å². The summed E-state index contributed by atoms with van der Waals surface area (Å²) in [5.41, 5.74) is 1.22. The number of rotatable bonds is 7. The maximum atomic E-state index is 12.0. The molecule has 1 saturated carbocycles. The van der Waals surface area contributed by atoms with Crippen LogP contribution in [0.2, 0.25) is 5.02 Å². The summed E-state index contributed by atoms with van der Waals surface area (Å²) in [6.07, 6.45) is 5.19. The molecule has 0 atom stereocenters. The molecule has 5 nitrogen and oxygen atoms in total. The number of nitrogens with one attached hydrogen (secondary N) is 2. The van der Waals surface area contributed by atoms with Crippen LogP contribution in [0.5, 0.6) is 5.75 Å². The molecule has 2 aromatic carbocycles. The van der Waals surface area contributed by atoms with Crippen molar-refractivity contribution in [3.8, 4) is 5.75 Å². The highest BCUT2D eigenvalue weighted by molar-refractivity contribution is 6.30. The Morgan fingerprint density at radius 2 is 1.67 bits per heavy atom. The summed E-state index contributed by atoms with van der Waals surface area (Å²) in [6, 6.07) is 14.0. The number of carbonyl (C=O) groups excluding carboxylic acids is 2. The van der Waals surface area contributed by atoms with Crippen LogP contribution < -0.4 is 15.4 Å². The molecule has 0 bridgehead atoms. The molecule has 142 valence electrons. The number of hydrogen-bond donors (Lipinski definition) is 2. The minimum absolute atomic E-state index is 0.157. The van der Waals surface area contributed by atoms with Crippen molar-refractivity contribution < 1.29 is 14.3 Å². The summed E-state index contributed by atoms with van der Waals surface area (Å²) in [5, 5.41) is 6.12. The third kappa shape index (κ3) is 6.00. The maximum Gasteiger partial charge on any atom is 0.251 e. The van der Waals surface area contributed by atoms with Gasteiger partial charge in [-0.2, -0.15) is 0 Å². The third-order valence-corrected chi connectivity index (χ3v) is 4.74. The smallest absolute Gasteiger partial charge is 0.251 e. The summed E-state index contributed by atoms with van der Waals surface area (Å²) < 4.78 is 5.91. The molecule has 2 aromatic rings. The van der Waals surface area contributed by atoms with Crippen LogP contribution in [0.1, 0.15) is 42.5 Å². The molecule has 6 heteroatoms. The highest BCUT2D eigenvalue weighted by atomic mass is 35.5. The van der Waals surface area contributed by atoms with Crippen molar-refractivity contribution in [2.45, 2.75) is 38.2 Å². The highest BCUT2D eigenvalue weighted by Crippen LogP contribution is 2.25. The molecule has 0 spiro atoms. The summed E-state index contributed by atoms with van der Waals surface area (Å²) in [7, 11) is 0. The van der Waals surface area contributed by atoms with Crippen molar-refractivity contribution in [1.29, 1.82) is 0 Å². The Hall–Kier alpha value is -2.53. The molecule has 27 heavy (non-hydrogen) atoms. The minimum atomic E-state index is -0.229. The van der Waals surface area contributed by atoms with E-state index in [1.807, 2.05) is 24.3 Å². The lowest BCUT2D eigenvalue weighted by atomic mass is 10.2. The predicted molar refractivity (Wildman–Crippen MR) is 106 cm³/mol. The molecule has 0 aliphatic heterocycles. The zero-order chi connectivity index (χ0) is 19.1. The van der Waals surface area contributed by atoms with Crippen molar-refractivity contribution in [1.82, 2.24) is 5.32 Å². The lowest BCUT2D eigenvalue weighted by Crippen LogP contribution is -2.27. The maximum absolute atomic E-state index is 12.0. The first-order valence-electron chi connectivity index (χ1n) is 9.20. The Labute approximate surface area is 164 Å². The third-order valence-electron chi connectivity index (χ3n) is 4.49. The number of amides is 2. The van der Waals surface area contributed by atoms with Gasteiger partial charge in [-0.15, -0.1) is 0 Å². The van der Waals surface area contributed by atoms with Gasteiger partial charge in [0.25, 0.3) is 5.91 Å². The normalized spacial score (nSPS) is 14.0. The van der Waals surface area contributed by atoms with Crippen LogP contribution in [0.3, 0.4) is 0 Å². The molecular weight excluding hydrogens is 364 g/mol. The van der Waals surface area contributed by atoms with Gasteiger partial charge >= 0.3 is 0 Å². The SMILES string of the molecule is O=C(CCNC(=O)c1ccc(Cl)cc1)Nc1ccc(OC2CCCC2)cc1. The first kappa shape index (κ1) is 19.2. The largest absolute Gasteiger partial charge is 0.490 e. The van der Waals surface area contributed by atoms with E-state index in [0.717, 1.165) is 18.6 Å². The van der Waals surface area contributed by atoms with E-state index in [1.54, 1.807) is 24.3 Å². The first-order valence-corrected chi connectivity index (χ1v) is 9.58. The molecule has 1 aliphatic carbocycles. The van der Waals surface area contributed by atoms with E-state index in [9.17, 15) is 9.59 Å². The van der Waals surface area contributed by atoms with Crippen LogP contribution in [-0.4, -0.2) is 24.5 Å². The van der Waals surface area contributed by atoms with Crippen LogP contribution >= 0.6 is 11.6 Å². The Kier molecular flexibility index (Phi) is 6.71. The molecule has 2 N–H and O–H groups in total. The number of ether oxygens (including phenoxy) is 1.